The van der Waals surface area contributed by atoms with Gasteiger partial charge in [-0.2, -0.15) is 0 Å². The highest BCUT2D eigenvalue weighted by molar-refractivity contribution is 5.71. The number of hydrogen-bond acceptors (Lipinski definition) is 6. The third-order valence-corrected chi connectivity index (χ3v) is 12.1. The Balaban J connectivity index is 4.43. The van der Waals surface area contributed by atoms with E-state index >= 15 is 0 Å². The van der Waals surface area contributed by atoms with Gasteiger partial charge < -0.3 is 14.2 Å². The zero-order valence-electron chi connectivity index (χ0n) is 47.1. The van der Waals surface area contributed by atoms with E-state index in [4.69, 9.17) is 14.2 Å². The predicted octanol–water partition coefficient (Wildman–Crippen LogP) is 20.2. The number of ether oxygens (including phenoxy) is 3. The van der Waals surface area contributed by atoms with E-state index in [1.54, 1.807) is 0 Å². The van der Waals surface area contributed by atoms with Crippen LogP contribution < -0.4 is 0 Å². The molecule has 0 fully saturated rings. The van der Waals surface area contributed by atoms with Crippen molar-refractivity contribution in [2.75, 3.05) is 13.2 Å². The van der Waals surface area contributed by atoms with Gasteiger partial charge in [0.1, 0.15) is 13.2 Å². The molecule has 412 valence electrons. The summed E-state index contributed by atoms with van der Waals surface area (Å²) in [7, 11) is 0. The summed E-state index contributed by atoms with van der Waals surface area (Å²) in [6.45, 7) is 6.30. The zero-order valence-corrected chi connectivity index (χ0v) is 47.1. The Morgan fingerprint density at radius 1 is 0.288 bits per heavy atom. The van der Waals surface area contributed by atoms with Gasteiger partial charge in [0, 0.05) is 19.3 Å². The molecular weight excluding hydrogens is 901 g/mol. The van der Waals surface area contributed by atoms with Gasteiger partial charge in [0.25, 0.3) is 0 Å². The van der Waals surface area contributed by atoms with Crippen LogP contribution >= 0.6 is 0 Å². The number of allylic oxidation sites excluding steroid dienone is 22. The lowest BCUT2D eigenvalue weighted by atomic mass is 10.1. The summed E-state index contributed by atoms with van der Waals surface area (Å²) >= 11 is 0. The lowest BCUT2D eigenvalue weighted by Crippen LogP contribution is -2.30. The quantitative estimate of drug-likeness (QED) is 0.0261. The molecule has 0 saturated heterocycles. The van der Waals surface area contributed by atoms with Crippen molar-refractivity contribution in [2.45, 2.75) is 258 Å². The summed E-state index contributed by atoms with van der Waals surface area (Å²) in [5.74, 6) is -0.956. The molecule has 0 bridgehead atoms. The molecule has 0 aliphatic carbocycles. The fraction of sp³-hybridized carbons (Fsp3) is 0.627. The van der Waals surface area contributed by atoms with Crippen molar-refractivity contribution >= 4 is 17.9 Å². The van der Waals surface area contributed by atoms with Gasteiger partial charge in [-0.05, 0) is 128 Å². The molecule has 1 unspecified atom stereocenters. The molecule has 0 spiro atoms. The van der Waals surface area contributed by atoms with E-state index in [9.17, 15) is 14.4 Å². The summed E-state index contributed by atoms with van der Waals surface area (Å²) in [5, 5.41) is 0. The minimum atomic E-state index is -0.809. The van der Waals surface area contributed by atoms with Crippen molar-refractivity contribution in [3.05, 3.63) is 134 Å². The lowest BCUT2D eigenvalue weighted by Gasteiger charge is -2.18. The number of carbonyl (C=O) groups excluding carboxylic acids is 3. The van der Waals surface area contributed by atoms with E-state index in [-0.39, 0.29) is 37.5 Å². The molecule has 0 radical (unpaired) electrons. The maximum Gasteiger partial charge on any atom is 0.306 e. The number of esters is 3. The van der Waals surface area contributed by atoms with E-state index in [1.807, 2.05) is 0 Å². The molecule has 6 nitrogen and oxygen atoms in total. The number of unbranched alkanes of at least 4 members (excludes halogenated alkanes) is 19. The molecule has 0 aromatic rings. The molecule has 0 aliphatic rings. The highest BCUT2D eigenvalue weighted by Crippen LogP contribution is 2.14. The molecule has 0 aromatic heterocycles. The van der Waals surface area contributed by atoms with Gasteiger partial charge in [0.15, 0.2) is 6.10 Å². The van der Waals surface area contributed by atoms with E-state index < -0.39 is 6.10 Å². The Morgan fingerprint density at radius 2 is 0.534 bits per heavy atom. The minimum Gasteiger partial charge on any atom is -0.462 e. The number of hydrogen-bond donors (Lipinski definition) is 0. The Kier molecular flexibility index (Phi) is 56.4. The highest BCUT2D eigenvalue weighted by atomic mass is 16.6. The summed E-state index contributed by atoms with van der Waals surface area (Å²) in [6, 6.07) is 0. The smallest absolute Gasteiger partial charge is 0.306 e. The average Bonchev–Trinajstić information content (AvgIpc) is 3.39. The monoisotopic (exact) mass is 1010 g/mol. The average molecular weight is 1010 g/mol. The SMILES string of the molecule is CC/C=C\C/C=C\C/C=C\C/C=C\C/C=C\CCCCCC(=O)OC(COC(=O)CCCCCCC/C=C\C/C=C\CCC)COC(=O)CCCCCCCCCCCC/C=C\C/C=C\C/C=C\C/C=C\CC. The Bertz CT molecular complexity index is 1580. The second kappa shape index (κ2) is 60.1. The van der Waals surface area contributed by atoms with Crippen LogP contribution in [0.3, 0.4) is 0 Å². The molecule has 0 aliphatic heterocycles. The van der Waals surface area contributed by atoms with Crippen LogP contribution in [-0.4, -0.2) is 37.2 Å². The second-order valence-corrected chi connectivity index (χ2v) is 19.1. The predicted molar refractivity (Wildman–Crippen MR) is 316 cm³/mol. The number of rotatable bonds is 52. The van der Waals surface area contributed by atoms with Crippen molar-refractivity contribution < 1.29 is 28.6 Å². The van der Waals surface area contributed by atoms with E-state index in [1.165, 1.54) is 57.8 Å². The fourth-order valence-corrected chi connectivity index (χ4v) is 7.73. The van der Waals surface area contributed by atoms with Gasteiger partial charge in [-0.3, -0.25) is 14.4 Å². The molecule has 73 heavy (non-hydrogen) atoms. The summed E-state index contributed by atoms with van der Waals surface area (Å²) in [5.41, 5.74) is 0. The van der Waals surface area contributed by atoms with Crippen LogP contribution in [0.5, 0.6) is 0 Å². The van der Waals surface area contributed by atoms with Crippen LogP contribution in [0.25, 0.3) is 0 Å². The van der Waals surface area contributed by atoms with Crippen molar-refractivity contribution in [2.24, 2.45) is 0 Å². The second-order valence-electron chi connectivity index (χ2n) is 19.1. The third-order valence-electron chi connectivity index (χ3n) is 12.1. The fourth-order valence-electron chi connectivity index (χ4n) is 7.73. The van der Waals surface area contributed by atoms with Gasteiger partial charge in [0.2, 0.25) is 0 Å². The van der Waals surface area contributed by atoms with Crippen LogP contribution in [0.4, 0.5) is 0 Å². The molecule has 6 heteroatoms. The minimum absolute atomic E-state index is 0.102. The normalized spacial score (nSPS) is 13.1. The first kappa shape index (κ1) is 68.6. The van der Waals surface area contributed by atoms with Gasteiger partial charge in [-0.25, -0.2) is 0 Å². The first-order chi connectivity index (χ1) is 36.0. The topological polar surface area (TPSA) is 78.9 Å². The molecule has 0 amide bonds. The highest BCUT2D eigenvalue weighted by Gasteiger charge is 2.19. The molecule has 0 N–H and O–H groups in total. The van der Waals surface area contributed by atoms with Crippen LogP contribution in [-0.2, 0) is 28.6 Å². The van der Waals surface area contributed by atoms with Crippen molar-refractivity contribution in [3.8, 4) is 0 Å². The molecule has 0 rings (SSSR count). The zero-order chi connectivity index (χ0) is 52.9. The van der Waals surface area contributed by atoms with Crippen LogP contribution in [0.15, 0.2) is 134 Å². The lowest BCUT2D eigenvalue weighted by molar-refractivity contribution is -0.167. The van der Waals surface area contributed by atoms with Gasteiger partial charge in [0.05, 0.1) is 0 Å². The van der Waals surface area contributed by atoms with Crippen LogP contribution in [0.1, 0.15) is 252 Å². The van der Waals surface area contributed by atoms with Crippen LogP contribution in [0.2, 0.25) is 0 Å². The van der Waals surface area contributed by atoms with Crippen LogP contribution in [0, 0.1) is 0 Å². The van der Waals surface area contributed by atoms with Gasteiger partial charge in [-0.15, -0.1) is 0 Å². The first-order valence-corrected chi connectivity index (χ1v) is 29.7. The molecule has 1 atom stereocenters. The van der Waals surface area contributed by atoms with E-state index in [0.717, 1.165) is 154 Å². The van der Waals surface area contributed by atoms with E-state index in [0.29, 0.717) is 12.8 Å². The van der Waals surface area contributed by atoms with Crippen molar-refractivity contribution in [3.63, 3.8) is 0 Å². The van der Waals surface area contributed by atoms with Crippen molar-refractivity contribution in [1.29, 1.82) is 0 Å². The Hall–Kier alpha value is -4.45. The molecule has 0 aromatic carbocycles. The molecule has 0 heterocycles. The maximum atomic E-state index is 12.9. The summed E-state index contributed by atoms with van der Waals surface area (Å²) < 4.78 is 16.8. The standard InChI is InChI=1S/C67H108O6/c1-4-7-10-13-16-19-22-25-27-29-31-32-33-34-36-37-39-42-45-48-51-54-57-60-66(69)72-63-64(62-71-65(68)59-56-53-50-47-44-41-24-21-18-15-12-9-6-3)73-67(70)61-58-55-52-49-46-43-40-38-35-30-28-26-23-20-17-14-11-8-5-2/h7-8,10-12,15-17,19-21,24-28,31-32,35,38,43,46,64H,4-6,9,13-14,18,22-23,29-30,33-34,36-37,39-42,44-45,47-63H2,1-3H3/b10-7-,11-8-,15-12-,19-16-,20-17-,24-21-,27-25-,28-26-,32-31-,38-35-,46-43-. The van der Waals surface area contributed by atoms with Gasteiger partial charge >= 0.3 is 17.9 Å². The third kappa shape index (κ3) is 58.3. The summed E-state index contributed by atoms with van der Waals surface area (Å²) in [4.78, 5) is 38.2. The van der Waals surface area contributed by atoms with Gasteiger partial charge in [-0.1, -0.05) is 238 Å². The molecular formula is C67H108O6. The maximum absolute atomic E-state index is 12.9. The van der Waals surface area contributed by atoms with E-state index in [2.05, 4.69) is 154 Å². The Labute approximate surface area is 449 Å². The summed E-state index contributed by atoms with van der Waals surface area (Å²) in [6.07, 6.45) is 84.4. The largest absolute Gasteiger partial charge is 0.462 e. The Morgan fingerprint density at radius 3 is 0.849 bits per heavy atom. The molecule has 0 saturated carbocycles. The number of carbonyl (C=O) groups is 3. The first-order valence-electron chi connectivity index (χ1n) is 29.7. The van der Waals surface area contributed by atoms with Crippen molar-refractivity contribution in [1.82, 2.24) is 0 Å².